The average molecular weight is 488 g/mol. The molecule has 2 amide bonds. The maximum atomic E-state index is 12.5. The first kappa shape index (κ1) is 24.1. The predicted octanol–water partition coefficient (Wildman–Crippen LogP) is 3.57. The number of carbonyl (C=O) groups excluding carboxylic acids is 2. The van der Waals surface area contributed by atoms with Gasteiger partial charge in [-0.05, 0) is 55.0 Å². The summed E-state index contributed by atoms with van der Waals surface area (Å²) in [6.07, 6.45) is 4.29. The molecule has 0 aliphatic rings. The first-order valence-corrected chi connectivity index (χ1v) is 11.8. The lowest BCUT2D eigenvalue weighted by atomic mass is 10.2. The lowest BCUT2D eigenvalue weighted by Crippen LogP contribution is -2.44. The van der Waals surface area contributed by atoms with Gasteiger partial charge in [0.15, 0.2) is 0 Å². The summed E-state index contributed by atoms with van der Waals surface area (Å²) in [6.45, 7) is 1.79. The number of para-hydroxylation sites is 1. The summed E-state index contributed by atoms with van der Waals surface area (Å²) >= 11 is 6.01. The Morgan fingerprint density at radius 2 is 1.79 bits per heavy atom. The van der Waals surface area contributed by atoms with Crippen LogP contribution in [-0.2, 0) is 26.2 Å². The SMILES string of the molecule is CC(NC(=O)/C=C/c1ccc(S(=O)(=O)Nc2ccccc2Cl)cc1)C(=O)NCc1ccco1. The van der Waals surface area contributed by atoms with Gasteiger partial charge in [0.1, 0.15) is 11.8 Å². The standard InChI is InChI=1S/C23H22ClN3O5S/c1-16(23(29)25-15-18-5-4-14-32-18)26-22(28)13-10-17-8-11-19(12-9-17)33(30,31)27-21-7-3-2-6-20(21)24/h2-14,16,27H,15H2,1H3,(H,25,29)(H,26,28)/b13-10+. The van der Waals surface area contributed by atoms with E-state index in [2.05, 4.69) is 15.4 Å². The van der Waals surface area contributed by atoms with Gasteiger partial charge in [0.25, 0.3) is 10.0 Å². The number of hydrogen-bond acceptors (Lipinski definition) is 5. The lowest BCUT2D eigenvalue weighted by molar-refractivity contribution is -0.126. The van der Waals surface area contributed by atoms with Gasteiger partial charge < -0.3 is 15.1 Å². The molecule has 0 aliphatic heterocycles. The number of hydrogen-bond donors (Lipinski definition) is 3. The minimum absolute atomic E-state index is 0.0471. The van der Waals surface area contributed by atoms with Crippen molar-refractivity contribution < 1.29 is 22.4 Å². The van der Waals surface area contributed by atoms with Crippen molar-refractivity contribution in [2.45, 2.75) is 24.4 Å². The van der Waals surface area contributed by atoms with E-state index in [9.17, 15) is 18.0 Å². The minimum Gasteiger partial charge on any atom is -0.467 e. The number of rotatable bonds is 9. The Morgan fingerprint density at radius 3 is 2.45 bits per heavy atom. The zero-order chi connectivity index (χ0) is 23.8. The molecular weight excluding hydrogens is 466 g/mol. The average Bonchev–Trinajstić information content (AvgIpc) is 3.31. The number of carbonyl (C=O) groups is 2. The van der Waals surface area contributed by atoms with Crippen LogP contribution >= 0.6 is 11.6 Å². The number of nitrogens with one attached hydrogen (secondary N) is 3. The van der Waals surface area contributed by atoms with Crippen molar-refractivity contribution in [3.05, 3.63) is 89.3 Å². The molecule has 10 heteroatoms. The fourth-order valence-electron chi connectivity index (χ4n) is 2.75. The third kappa shape index (κ3) is 6.96. The zero-order valence-electron chi connectivity index (χ0n) is 17.6. The lowest BCUT2D eigenvalue weighted by Gasteiger charge is -2.12. The van der Waals surface area contributed by atoms with Gasteiger partial charge in [-0.25, -0.2) is 8.42 Å². The van der Waals surface area contributed by atoms with Crippen LogP contribution in [0.1, 0.15) is 18.2 Å². The first-order valence-electron chi connectivity index (χ1n) is 9.91. The topological polar surface area (TPSA) is 118 Å². The Kier molecular flexibility index (Phi) is 7.92. The highest BCUT2D eigenvalue weighted by molar-refractivity contribution is 7.92. The molecule has 0 saturated carbocycles. The van der Waals surface area contributed by atoms with Crippen molar-refractivity contribution in [2.75, 3.05) is 4.72 Å². The normalized spacial score (nSPS) is 12.3. The molecule has 0 aliphatic carbocycles. The molecule has 3 N–H and O–H groups in total. The highest BCUT2D eigenvalue weighted by atomic mass is 35.5. The number of sulfonamides is 1. The minimum atomic E-state index is -3.82. The first-order chi connectivity index (χ1) is 15.7. The van der Waals surface area contributed by atoms with E-state index in [1.807, 2.05) is 0 Å². The summed E-state index contributed by atoms with van der Waals surface area (Å²) in [5.41, 5.74) is 0.888. The molecule has 1 atom stereocenters. The number of amides is 2. The molecule has 1 heterocycles. The van der Waals surface area contributed by atoms with Crippen LogP contribution in [0.25, 0.3) is 6.08 Å². The van der Waals surface area contributed by atoms with E-state index >= 15 is 0 Å². The van der Waals surface area contributed by atoms with Crippen LogP contribution in [-0.4, -0.2) is 26.3 Å². The summed E-state index contributed by atoms with van der Waals surface area (Å²) in [5, 5.41) is 5.51. The zero-order valence-corrected chi connectivity index (χ0v) is 19.2. The van der Waals surface area contributed by atoms with Gasteiger partial charge in [-0.2, -0.15) is 0 Å². The molecule has 0 saturated heterocycles. The molecular formula is C23H22ClN3O5S. The number of halogens is 1. The maximum absolute atomic E-state index is 12.5. The van der Waals surface area contributed by atoms with Crippen molar-refractivity contribution in [3.8, 4) is 0 Å². The molecule has 0 fully saturated rings. The second-order valence-electron chi connectivity index (χ2n) is 7.02. The molecule has 172 valence electrons. The van der Waals surface area contributed by atoms with Gasteiger partial charge in [-0.3, -0.25) is 14.3 Å². The molecule has 0 spiro atoms. The Hall–Kier alpha value is -3.56. The monoisotopic (exact) mass is 487 g/mol. The third-order valence-electron chi connectivity index (χ3n) is 4.50. The highest BCUT2D eigenvalue weighted by Gasteiger charge is 2.16. The van der Waals surface area contributed by atoms with Crippen LogP contribution < -0.4 is 15.4 Å². The van der Waals surface area contributed by atoms with Crippen molar-refractivity contribution in [1.82, 2.24) is 10.6 Å². The van der Waals surface area contributed by atoms with Gasteiger partial charge in [-0.1, -0.05) is 35.9 Å². The summed E-state index contributed by atoms with van der Waals surface area (Å²) in [7, 11) is -3.82. The quantitative estimate of drug-likeness (QED) is 0.399. The molecule has 8 nitrogen and oxygen atoms in total. The summed E-state index contributed by atoms with van der Waals surface area (Å²) in [6, 6.07) is 15.2. The van der Waals surface area contributed by atoms with Gasteiger partial charge >= 0.3 is 0 Å². The molecule has 3 rings (SSSR count). The van der Waals surface area contributed by atoms with Crippen LogP contribution in [0.3, 0.4) is 0 Å². The van der Waals surface area contributed by atoms with Crippen LogP contribution in [0, 0.1) is 0 Å². The molecule has 33 heavy (non-hydrogen) atoms. The molecule has 3 aromatic rings. The number of furan rings is 1. The highest BCUT2D eigenvalue weighted by Crippen LogP contribution is 2.24. The smallest absolute Gasteiger partial charge is 0.261 e. The predicted molar refractivity (Wildman–Crippen MR) is 126 cm³/mol. The van der Waals surface area contributed by atoms with E-state index < -0.39 is 22.0 Å². The van der Waals surface area contributed by atoms with Crippen LogP contribution in [0.5, 0.6) is 0 Å². The third-order valence-corrected chi connectivity index (χ3v) is 6.22. The van der Waals surface area contributed by atoms with E-state index in [1.54, 1.807) is 55.5 Å². The van der Waals surface area contributed by atoms with E-state index in [-0.39, 0.29) is 28.1 Å². The van der Waals surface area contributed by atoms with Crippen molar-refractivity contribution in [3.63, 3.8) is 0 Å². The van der Waals surface area contributed by atoms with Gasteiger partial charge in [-0.15, -0.1) is 0 Å². The largest absolute Gasteiger partial charge is 0.467 e. The van der Waals surface area contributed by atoms with Crippen molar-refractivity contribution in [2.24, 2.45) is 0 Å². The Morgan fingerprint density at radius 1 is 1.06 bits per heavy atom. The van der Waals surface area contributed by atoms with Crippen LogP contribution in [0.4, 0.5) is 5.69 Å². The van der Waals surface area contributed by atoms with Gasteiger partial charge in [0, 0.05) is 6.08 Å². The van der Waals surface area contributed by atoms with Crippen molar-refractivity contribution >= 4 is 45.2 Å². The fraction of sp³-hybridized carbons (Fsp3) is 0.130. The second kappa shape index (κ2) is 10.8. The Balaban J connectivity index is 1.54. The fourth-order valence-corrected chi connectivity index (χ4v) is 4.06. The summed E-state index contributed by atoms with van der Waals surface area (Å²) in [4.78, 5) is 24.2. The number of anilines is 1. The second-order valence-corrected chi connectivity index (χ2v) is 9.10. The summed E-state index contributed by atoms with van der Waals surface area (Å²) < 4.78 is 32.7. The molecule has 0 radical (unpaired) electrons. The number of benzene rings is 2. The molecule has 1 unspecified atom stereocenters. The summed E-state index contributed by atoms with van der Waals surface area (Å²) in [5.74, 6) is -0.212. The van der Waals surface area contributed by atoms with E-state index in [0.717, 1.165) is 0 Å². The van der Waals surface area contributed by atoms with Gasteiger partial charge in [0.2, 0.25) is 11.8 Å². The maximum Gasteiger partial charge on any atom is 0.261 e. The van der Waals surface area contributed by atoms with Crippen LogP contribution in [0.2, 0.25) is 5.02 Å². The molecule has 2 aromatic carbocycles. The van der Waals surface area contributed by atoms with Crippen LogP contribution in [0.15, 0.2) is 82.3 Å². The van der Waals surface area contributed by atoms with Gasteiger partial charge in [0.05, 0.1) is 28.4 Å². The van der Waals surface area contributed by atoms with Crippen molar-refractivity contribution in [1.29, 1.82) is 0 Å². The Bertz CT molecular complexity index is 1240. The van der Waals surface area contributed by atoms with E-state index in [0.29, 0.717) is 11.3 Å². The van der Waals surface area contributed by atoms with E-state index in [4.69, 9.17) is 16.0 Å². The molecule has 0 bridgehead atoms. The Labute approximate surface area is 196 Å². The van der Waals surface area contributed by atoms with E-state index in [1.165, 1.54) is 30.5 Å². The molecule has 1 aromatic heterocycles.